The fraction of sp³-hybridized carbons (Fsp3) is 0.250. The molecule has 4 rings (SSSR count). The van der Waals surface area contributed by atoms with Crippen LogP contribution in [0.2, 0.25) is 0 Å². The summed E-state index contributed by atoms with van der Waals surface area (Å²) in [5.41, 5.74) is 3.57. The molecule has 6 nitrogen and oxygen atoms in total. The van der Waals surface area contributed by atoms with Crippen LogP contribution in [0.1, 0.15) is 35.3 Å². The van der Waals surface area contributed by atoms with Gasteiger partial charge >= 0.3 is 0 Å². The van der Waals surface area contributed by atoms with E-state index in [2.05, 4.69) is 36.7 Å². The molecule has 0 spiro atoms. The number of carbonyl (C=O) groups is 1. The number of Topliss-reactive ketones (excluding diaryl/α,β-unsaturated/α-hetero) is 1. The maximum atomic E-state index is 13.1. The third-order valence-electron chi connectivity index (χ3n) is 5.39. The highest BCUT2D eigenvalue weighted by Crippen LogP contribution is 2.24. The number of allylic oxidation sites excluding steroid dienone is 1. The summed E-state index contributed by atoms with van der Waals surface area (Å²) in [6, 6.07) is 13.5. The first-order valence-corrected chi connectivity index (χ1v) is 11.3. The van der Waals surface area contributed by atoms with E-state index in [0.29, 0.717) is 22.9 Å². The molecule has 0 atom stereocenters. The molecule has 0 amide bonds. The second-order valence-electron chi connectivity index (χ2n) is 7.25. The van der Waals surface area contributed by atoms with E-state index in [1.807, 2.05) is 34.7 Å². The van der Waals surface area contributed by atoms with Crippen molar-refractivity contribution in [2.24, 2.45) is 0 Å². The molecular weight excluding hydrogens is 408 g/mol. The van der Waals surface area contributed by atoms with Gasteiger partial charge in [-0.25, -0.2) is 0 Å². The van der Waals surface area contributed by atoms with Crippen LogP contribution >= 0.6 is 11.8 Å². The van der Waals surface area contributed by atoms with Crippen molar-refractivity contribution in [3.05, 3.63) is 82.2 Å². The predicted octanol–water partition coefficient (Wildman–Crippen LogP) is 4.33. The molecule has 7 heteroatoms. The summed E-state index contributed by atoms with van der Waals surface area (Å²) in [5.74, 6) is 0.758. The SMILES string of the molecule is C=CCn1c(=O)c2ccccc2n2c(SCC(=O)c3cc(CC)ccc3CC)nnc12. The van der Waals surface area contributed by atoms with Crippen molar-refractivity contribution in [2.45, 2.75) is 38.4 Å². The number of nitrogens with zero attached hydrogens (tertiary/aromatic N) is 4. The van der Waals surface area contributed by atoms with Gasteiger partial charge in [0, 0.05) is 12.1 Å². The van der Waals surface area contributed by atoms with Crippen LogP contribution in [-0.4, -0.2) is 30.7 Å². The first-order valence-electron chi connectivity index (χ1n) is 10.3. The summed E-state index contributed by atoms with van der Waals surface area (Å²) in [4.78, 5) is 26.0. The van der Waals surface area contributed by atoms with Crippen LogP contribution < -0.4 is 5.56 Å². The van der Waals surface area contributed by atoms with Crippen LogP contribution in [0, 0.1) is 0 Å². The molecule has 0 aliphatic heterocycles. The normalized spacial score (nSPS) is 11.3. The van der Waals surface area contributed by atoms with E-state index in [1.165, 1.54) is 11.8 Å². The average Bonchev–Trinajstić information content (AvgIpc) is 3.23. The van der Waals surface area contributed by atoms with Crippen molar-refractivity contribution in [3.8, 4) is 0 Å². The first kappa shape index (κ1) is 21.1. The van der Waals surface area contributed by atoms with Crippen molar-refractivity contribution in [3.63, 3.8) is 0 Å². The van der Waals surface area contributed by atoms with E-state index in [-0.39, 0.29) is 17.1 Å². The third-order valence-corrected chi connectivity index (χ3v) is 6.32. The van der Waals surface area contributed by atoms with Crippen LogP contribution in [-0.2, 0) is 19.4 Å². The van der Waals surface area contributed by atoms with E-state index >= 15 is 0 Å². The molecule has 0 aliphatic carbocycles. The molecule has 4 aromatic rings. The molecule has 0 bridgehead atoms. The standard InChI is InChI=1S/C24H24N4O2S/c1-4-13-27-22(30)18-9-7-8-10-20(18)28-23(27)25-26-24(28)31-15-21(29)19-14-16(5-2)11-12-17(19)6-3/h4,7-12,14H,1,5-6,13,15H2,2-3H3. The van der Waals surface area contributed by atoms with Gasteiger partial charge in [-0.3, -0.25) is 18.6 Å². The second-order valence-corrected chi connectivity index (χ2v) is 8.19. The van der Waals surface area contributed by atoms with Gasteiger partial charge in [0.05, 0.1) is 16.7 Å². The van der Waals surface area contributed by atoms with Crippen LogP contribution in [0.25, 0.3) is 16.7 Å². The Balaban J connectivity index is 1.74. The van der Waals surface area contributed by atoms with Gasteiger partial charge in [0.25, 0.3) is 5.56 Å². The Morgan fingerprint density at radius 1 is 1.13 bits per heavy atom. The molecule has 31 heavy (non-hydrogen) atoms. The lowest BCUT2D eigenvalue weighted by Crippen LogP contribution is -2.22. The van der Waals surface area contributed by atoms with Gasteiger partial charge in [-0.15, -0.1) is 16.8 Å². The quantitative estimate of drug-likeness (QED) is 0.235. The fourth-order valence-corrected chi connectivity index (χ4v) is 4.56. The highest BCUT2D eigenvalue weighted by molar-refractivity contribution is 7.99. The maximum Gasteiger partial charge on any atom is 0.263 e. The molecule has 0 saturated carbocycles. The number of thioether (sulfide) groups is 1. The van der Waals surface area contributed by atoms with Gasteiger partial charge in [0.1, 0.15) is 0 Å². The van der Waals surface area contributed by atoms with Crippen molar-refractivity contribution in [1.29, 1.82) is 0 Å². The Kier molecular flexibility index (Phi) is 6.04. The molecule has 0 unspecified atom stereocenters. The number of ketones is 1. The summed E-state index contributed by atoms with van der Waals surface area (Å²) in [6.07, 6.45) is 3.36. The number of aryl methyl sites for hydroxylation is 2. The average molecular weight is 433 g/mol. The number of fused-ring (bicyclic) bond motifs is 3. The van der Waals surface area contributed by atoms with Crippen LogP contribution in [0.4, 0.5) is 0 Å². The molecule has 0 saturated heterocycles. The van der Waals surface area contributed by atoms with Crippen molar-refractivity contribution < 1.29 is 4.79 Å². The van der Waals surface area contributed by atoms with Gasteiger partial charge in [0.2, 0.25) is 5.78 Å². The number of carbonyl (C=O) groups excluding carboxylic acids is 1. The largest absolute Gasteiger partial charge is 0.293 e. The Morgan fingerprint density at radius 2 is 1.94 bits per heavy atom. The van der Waals surface area contributed by atoms with E-state index in [1.54, 1.807) is 16.7 Å². The summed E-state index contributed by atoms with van der Waals surface area (Å²) in [7, 11) is 0. The molecule has 0 N–H and O–H groups in total. The molecule has 2 heterocycles. The highest BCUT2D eigenvalue weighted by atomic mass is 32.2. The van der Waals surface area contributed by atoms with Gasteiger partial charge < -0.3 is 0 Å². The number of hydrogen-bond acceptors (Lipinski definition) is 5. The Morgan fingerprint density at radius 3 is 2.68 bits per heavy atom. The number of benzene rings is 2. The molecule has 0 aliphatic rings. The monoisotopic (exact) mass is 432 g/mol. The zero-order chi connectivity index (χ0) is 22.0. The van der Waals surface area contributed by atoms with Gasteiger partial charge in [0.15, 0.2) is 10.9 Å². The lowest BCUT2D eigenvalue weighted by atomic mass is 9.98. The van der Waals surface area contributed by atoms with Crippen LogP contribution in [0.15, 0.2) is 65.1 Å². The summed E-state index contributed by atoms with van der Waals surface area (Å²) in [6.45, 7) is 8.22. The fourth-order valence-electron chi connectivity index (χ4n) is 3.74. The Labute approximate surface area is 184 Å². The minimum absolute atomic E-state index is 0.0672. The summed E-state index contributed by atoms with van der Waals surface area (Å²) in [5, 5.41) is 9.72. The molecule has 0 fully saturated rings. The van der Waals surface area contributed by atoms with Crippen molar-refractivity contribution >= 4 is 34.2 Å². The highest BCUT2D eigenvalue weighted by Gasteiger charge is 2.18. The van der Waals surface area contributed by atoms with E-state index in [0.717, 1.165) is 35.0 Å². The van der Waals surface area contributed by atoms with E-state index in [4.69, 9.17) is 0 Å². The maximum absolute atomic E-state index is 13.1. The molecule has 2 aromatic carbocycles. The molecule has 2 aromatic heterocycles. The smallest absolute Gasteiger partial charge is 0.263 e. The number of rotatable bonds is 8. The second kappa shape index (κ2) is 8.89. The number of hydrogen-bond donors (Lipinski definition) is 0. The molecular formula is C24H24N4O2S. The summed E-state index contributed by atoms with van der Waals surface area (Å²) < 4.78 is 3.40. The van der Waals surface area contributed by atoms with Crippen molar-refractivity contribution in [2.75, 3.05) is 5.75 Å². The van der Waals surface area contributed by atoms with Crippen LogP contribution in [0.5, 0.6) is 0 Å². The lowest BCUT2D eigenvalue weighted by Gasteiger charge is -2.10. The van der Waals surface area contributed by atoms with Crippen LogP contribution in [0.3, 0.4) is 0 Å². The first-order chi connectivity index (χ1) is 15.1. The Bertz CT molecular complexity index is 1350. The van der Waals surface area contributed by atoms with Gasteiger partial charge in [-0.05, 0) is 42.2 Å². The topological polar surface area (TPSA) is 69.3 Å². The third kappa shape index (κ3) is 3.81. The lowest BCUT2D eigenvalue weighted by molar-refractivity contribution is 0.102. The van der Waals surface area contributed by atoms with Gasteiger partial charge in [-0.1, -0.05) is 56.0 Å². The molecule has 158 valence electrons. The zero-order valence-corrected chi connectivity index (χ0v) is 18.5. The molecule has 0 radical (unpaired) electrons. The predicted molar refractivity (Wildman–Crippen MR) is 125 cm³/mol. The van der Waals surface area contributed by atoms with Crippen molar-refractivity contribution in [1.82, 2.24) is 19.2 Å². The summed E-state index contributed by atoms with van der Waals surface area (Å²) >= 11 is 1.34. The minimum Gasteiger partial charge on any atom is -0.293 e. The minimum atomic E-state index is -0.132. The van der Waals surface area contributed by atoms with E-state index < -0.39 is 0 Å². The number of para-hydroxylation sites is 1. The Hall–Kier alpha value is -3.19. The zero-order valence-electron chi connectivity index (χ0n) is 17.7. The van der Waals surface area contributed by atoms with E-state index in [9.17, 15) is 9.59 Å². The van der Waals surface area contributed by atoms with Gasteiger partial charge in [-0.2, -0.15) is 0 Å². The number of aromatic nitrogens is 4.